The number of nitrogens with two attached hydrogens (primary N) is 1. The van der Waals surface area contributed by atoms with Crippen molar-refractivity contribution in [3.63, 3.8) is 0 Å². The third kappa shape index (κ3) is 18.8. The van der Waals surface area contributed by atoms with Gasteiger partial charge in [0.15, 0.2) is 0 Å². The van der Waals surface area contributed by atoms with Gasteiger partial charge < -0.3 is 30.1 Å². The van der Waals surface area contributed by atoms with Crippen LogP contribution in [0.3, 0.4) is 0 Å². The average Bonchev–Trinajstić information content (AvgIpc) is 2.30. The van der Waals surface area contributed by atoms with Crippen LogP contribution < -0.4 is 62.4 Å². The van der Waals surface area contributed by atoms with Crippen LogP contribution in [-0.4, -0.2) is 58.5 Å². The van der Waals surface area contributed by atoms with Crippen molar-refractivity contribution in [2.45, 2.75) is 6.42 Å². The smallest absolute Gasteiger partial charge is 0.528 e. The topological polar surface area (TPSA) is 99.9 Å². The standard InChI is InChI=1S/C10H19N2O5.K/c11-10(14)1-3-15-5-7-17-8-6-16-4-2-12-9-13;/h1-8H2,(H2,11,14)(H,12,13);/q-1;+1. The van der Waals surface area contributed by atoms with Gasteiger partial charge in [0.1, 0.15) is 0 Å². The van der Waals surface area contributed by atoms with Crippen molar-refractivity contribution in [1.29, 1.82) is 0 Å². The fourth-order valence-corrected chi connectivity index (χ4v) is 0.889. The number of primary amides is 1. The van der Waals surface area contributed by atoms with Crippen LogP contribution in [0.25, 0.3) is 0 Å². The van der Waals surface area contributed by atoms with Crippen LogP contribution in [0.5, 0.6) is 0 Å². The van der Waals surface area contributed by atoms with Crippen molar-refractivity contribution < 1.29 is 75.2 Å². The zero-order valence-electron chi connectivity index (χ0n) is 10.8. The molecule has 0 radical (unpaired) electrons. The summed E-state index contributed by atoms with van der Waals surface area (Å²) < 4.78 is 15.4. The minimum absolute atomic E-state index is 0. The second-order valence-corrected chi connectivity index (χ2v) is 3.08. The summed E-state index contributed by atoms with van der Waals surface area (Å²) in [4.78, 5) is 20.1. The number of rotatable bonds is 13. The number of carbonyl (C=O) groups is 1. The molecule has 0 aliphatic heterocycles. The van der Waals surface area contributed by atoms with Crippen molar-refractivity contribution >= 4 is 12.3 Å². The monoisotopic (exact) mass is 286 g/mol. The molecular formula is C10H19KN2O5. The Labute approximate surface area is 149 Å². The normalized spacial score (nSPS) is 9.56. The first kappa shape index (κ1) is 20.8. The van der Waals surface area contributed by atoms with E-state index in [4.69, 9.17) is 19.9 Å². The predicted molar refractivity (Wildman–Crippen MR) is 60.0 cm³/mol. The molecule has 18 heavy (non-hydrogen) atoms. The Morgan fingerprint density at radius 2 is 1.50 bits per heavy atom. The van der Waals surface area contributed by atoms with Crippen molar-refractivity contribution in [3.05, 3.63) is 0 Å². The molecule has 0 aliphatic carbocycles. The maximum absolute atomic E-state index is 10.3. The summed E-state index contributed by atoms with van der Waals surface area (Å²) in [6.45, 7) is 3.00. The summed E-state index contributed by atoms with van der Waals surface area (Å²) in [7, 11) is 0. The second kappa shape index (κ2) is 17.5. The fourth-order valence-electron chi connectivity index (χ4n) is 0.889. The number of carbonyl (C=O) groups excluding carboxylic acids is 2. The number of amides is 2. The zero-order chi connectivity index (χ0) is 12.8. The molecular weight excluding hydrogens is 267 g/mol. The molecule has 2 amide bonds. The van der Waals surface area contributed by atoms with Crippen molar-refractivity contribution in [1.82, 2.24) is 5.32 Å². The van der Waals surface area contributed by atoms with Crippen LogP contribution in [0.1, 0.15) is 6.42 Å². The first-order valence-electron chi connectivity index (χ1n) is 5.39. The molecule has 0 spiro atoms. The Balaban J connectivity index is 0. The maximum atomic E-state index is 10.3. The Morgan fingerprint density at radius 1 is 1.00 bits per heavy atom. The van der Waals surface area contributed by atoms with E-state index in [0.29, 0.717) is 46.2 Å². The van der Waals surface area contributed by atoms with Crippen LogP contribution in [-0.2, 0) is 23.8 Å². The van der Waals surface area contributed by atoms with Crippen LogP contribution in [0, 0.1) is 0 Å². The third-order valence-electron chi connectivity index (χ3n) is 1.68. The van der Waals surface area contributed by atoms with Gasteiger partial charge in [-0.1, -0.05) is 0 Å². The Hall–Kier alpha value is 0.456. The molecule has 0 rings (SSSR count). The van der Waals surface area contributed by atoms with Crippen LogP contribution >= 0.6 is 0 Å². The zero-order valence-corrected chi connectivity index (χ0v) is 13.9. The summed E-state index contributed by atoms with van der Waals surface area (Å²) in [5.74, 6) is -0.375. The van der Waals surface area contributed by atoms with Crippen LogP contribution in [0.15, 0.2) is 0 Å². The largest absolute Gasteiger partial charge is 1.00 e. The molecule has 0 heterocycles. The minimum Gasteiger partial charge on any atom is -0.528 e. The SMILES string of the molecule is NC(=O)CCOCCOCCOCCN[C-]=O.[K+]. The number of hydrogen-bond donors (Lipinski definition) is 2. The van der Waals surface area contributed by atoms with Gasteiger partial charge in [-0.3, -0.25) is 4.79 Å². The molecule has 100 valence electrons. The van der Waals surface area contributed by atoms with Gasteiger partial charge in [0.2, 0.25) is 5.91 Å². The molecule has 0 aliphatic rings. The Kier molecular flexibility index (Phi) is 20.1. The molecule has 3 N–H and O–H groups in total. The first-order chi connectivity index (χ1) is 8.27. The van der Waals surface area contributed by atoms with Crippen molar-refractivity contribution in [2.75, 3.05) is 46.2 Å². The van der Waals surface area contributed by atoms with E-state index in [-0.39, 0.29) is 63.7 Å². The Bertz CT molecular complexity index is 207. The quantitative estimate of drug-likeness (QED) is 0.154. The van der Waals surface area contributed by atoms with E-state index >= 15 is 0 Å². The predicted octanol–water partition coefficient (Wildman–Crippen LogP) is -4.43. The summed E-state index contributed by atoms with van der Waals surface area (Å²) >= 11 is 0. The molecule has 0 saturated carbocycles. The number of hydrogen-bond acceptors (Lipinski definition) is 5. The van der Waals surface area contributed by atoms with Gasteiger partial charge in [0, 0.05) is 13.0 Å². The summed E-state index contributed by atoms with van der Waals surface area (Å²) in [6, 6.07) is 0. The first-order valence-corrected chi connectivity index (χ1v) is 5.39. The number of ether oxygens (including phenoxy) is 3. The van der Waals surface area contributed by atoms with E-state index in [2.05, 4.69) is 5.32 Å². The average molecular weight is 286 g/mol. The van der Waals surface area contributed by atoms with Crippen molar-refractivity contribution in [3.8, 4) is 0 Å². The van der Waals surface area contributed by atoms with E-state index in [9.17, 15) is 9.59 Å². The van der Waals surface area contributed by atoms with Crippen LogP contribution in [0.2, 0.25) is 0 Å². The van der Waals surface area contributed by atoms with Gasteiger partial charge in [-0.2, -0.15) is 6.41 Å². The van der Waals surface area contributed by atoms with Gasteiger partial charge in [-0.15, -0.1) is 0 Å². The molecule has 8 heteroatoms. The molecule has 0 bridgehead atoms. The van der Waals surface area contributed by atoms with Gasteiger partial charge in [0.25, 0.3) is 0 Å². The van der Waals surface area contributed by atoms with Gasteiger partial charge in [-0.25, -0.2) is 0 Å². The molecule has 0 aromatic carbocycles. The van der Waals surface area contributed by atoms with E-state index < -0.39 is 0 Å². The van der Waals surface area contributed by atoms with E-state index in [1.54, 1.807) is 6.41 Å². The van der Waals surface area contributed by atoms with E-state index in [1.165, 1.54) is 0 Å². The van der Waals surface area contributed by atoms with Gasteiger partial charge in [0.05, 0.1) is 39.6 Å². The molecule has 0 unspecified atom stereocenters. The maximum Gasteiger partial charge on any atom is 1.00 e. The summed E-state index contributed by atoms with van der Waals surface area (Å²) in [5.41, 5.74) is 4.93. The Morgan fingerprint density at radius 3 is 2.00 bits per heavy atom. The molecule has 0 fully saturated rings. The van der Waals surface area contributed by atoms with E-state index in [0.717, 1.165) is 0 Å². The minimum atomic E-state index is -0.375. The molecule has 0 aromatic heterocycles. The molecule has 7 nitrogen and oxygen atoms in total. The van der Waals surface area contributed by atoms with E-state index in [1.807, 2.05) is 0 Å². The second-order valence-electron chi connectivity index (χ2n) is 3.08. The molecule has 0 atom stereocenters. The summed E-state index contributed by atoms with van der Waals surface area (Å²) in [5, 5.41) is 2.35. The number of nitrogens with one attached hydrogen (secondary N) is 1. The molecule has 0 saturated heterocycles. The summed E-state index contributed by atoms with van der Waals surface area (Å²) in [6.07, 6.45) is 1.77. The fraction of sp³-hybridized carbons (Fsp3) is 0.800. The van der Waals surface area contributed by atoms with Gasteiger partial charge in [-0.05, 0) is 0 Å². The molecule has 0 aromatic rings. The van der Waals surface area contributed by atoms with Gasteiger partial charge >= 0.3 is 51.4 Å². The van der Waals surface area contributed by atoms with Crippen LogP contribution in [0.4, 0.5) is 0 Å². The third-order valence-corrected chi connectivity index (χ3v) is 1.68. The van der Waals surface area contributed by atoms with Crippen molar-refractivity contribution in [2.24, 2.45) is 5.73 Å².